The van der Waals surface area contributed by atoms with Gasteiger partial charge < -0.3 is 21.1 Å². The molecule has 1 amide bonds. The molecule has 1 aromatic heterocycles. The molecule has 118 valence electrons. The molecule has 0 spiro atoms. The molecule has 0 aromatic carbocycles. The third kappa shape index (κ3) is 4.35. The van der Waals surface area contributed by atoms with Gasteiger partial charge in [-0.2, -0.15) is 0 Å². The molecule has 0 radical (unpaired) electrons. The number of rotatable bonds is 9. The number of ether oxygens (including phenoxy) is 1. The Hall–Kier alpha value is -1.27. The largest absolute Gasteiger partial charge is 0.397 e. The molecule has 0 unspecified atom stereocenters. The molecule has 2 rings (SSSR count). The lowest BCUT2D eigenvalue weighted by Crippen LogP contribution is -2.23. The van der Waals surface area contributed by atoms with E-state index in [2.05, 4.69) is 10.6 Å². The molecule has 0 bridgehead atoms. The van der Waals surface area contributed by atoms with Gasteiger partial charge in [-0.1, -0.05) is 6.92 Å². The minimum absolute atomic E-state index is 0.0760. The highest BCUT2D eigenvalue weighted by Crippen LogP contribution is 2.49. The first kappa shape index (κ1) is 16.1. The molecule has 5 nitrogen and oxygen atoms in total. The van der Waals surface area contributed by atoms with Crippen LogP contribution in [-0.2, 0) is 4.74 Å². The summed E-state index contributed by atoms with van der Waals surface area (Å²) in [5.41, 5.74) is 6.87. The summed E-state index contributed by atoms with van der Waals surface area (Å²) in [4.78, 5) is 12.6. The van der Waals surface area contributed by atoms with Crippen LogP contribution in [0.1, 0.15) is 42.3 Å². The van der Waals surface area contributed by atoms with Crippen LogP contribution in [0.25, 0.3) is 0 Å². The van der Waals surface area contributed by atoms with Crippen molar-refractivity contribution >= 4 is 27.9 Å². The Labute approximate surface area is 130 Å². The highest BCUT2D eigenvalue weighted by atomic mass is 32.1. The van der Waals surface area contributed by atoms with Crippen LogP contribution in [-0.4, -0.2) is 32.7 Å². The summed E-state index contributed by atoms with van der Waals surface area (Å²) in [5.74, 6) is -0.0760. The highest BCUT2D eigenvalue weighted by molar-refractivity contribution is 7.18. The van der Waals surface area contributed by atoms with Crippen molar-refractivity contribution in [2.45, 2.75) is 32.6 Å². The molecule has 0 saturated heterocycles. The minimum Gasteiger partial charge on any atom is -0.397 e. The molecule has 1 aromatic rings. The average molecular weight is 311 g/mol. The molecule has 21 heavy (non-hydrogen) atoms. The smallest absolute Gasteiger partial charge is 0.263 e. The van der Waals surface area contributed by atoms with E-state index in [4.69, 9.17) is 10.5 Å². The van der Waals surface area contributed by atoms with Crippen LogP contribution < -0.4 is 16.4 Å². The van der Waals surface area contributed by atoms with Crippen LogP contribution in [0, 0.1) is 5.41 Å². The normalized spacial score (nSPS) is 15.7. The zero-order chi connectivity index (χ0) is 15.3. The number of nitrogens with two attached hydrogens (primary N) is 1. The van der Waals surface area contributed by atoms with Crippen LogP contribution in [0.2, 0.25) is 0 Å². The molecular formula is C15H25N3O2S. The quantitative estimate of drug-likeness (QED) is 0.655. The summed E-state index contributed by atoms with van der Waals surface area (Å²) in [5, 5.41) is 7.26. The van der Waals surface area contributed by atoms with Crippen molar-refractivity contribution in [1.29, 1.82) is 0 Å². The van der Waals surface area contributed by atoms with E-state index < -0.39 is 0 Å². The Morgan fingerprint density at radius 2 is 2.29 bits per heavy atom. The summed E-state index contributed by atoms with van der Waals surface area (Å²) >= 11 is 1.43. The number of nitrogens with one attached hydrogen (secondary N) is 2. The molecule has 1 heterocycles. The lowest BCUT2D eigenvalue weighted by atomic mass is 10.0. The Kier molecular flexibility index (Phi) is 5.47. The van der Waals surface area contributed by atoms with Crippen LogP contribution in [0.3, 0.4) is 0 Å². The van der Waals surface area contributed by atoms with Gasteiger partial charge in [-0.15, -0.1) is 11.3 Å². The maximum atomic E-state index is 12.0. The summed E-state index contributed by atoms with van der Waals surface area (Å²) in [7, 11) is 1.74. The minimum atomic E-state index is -0.0760. The zero-order valence-electron chi connectivity index (χ0n) is 12.8. The second kappa shape index (κ2) is 7.13. The SMILES string of the molecule is CCCNC(=O)c1sc(NCC2(CCOC)CC2)cc1N. The summed E-state index contributed by atoms with van der Waals surface area (Å²) in [6.45, 7) is 4.43. The van der Waals surface area contributed by atoms with Gasteiger partial charge in [0.05, 0.1) is 10.7 Å². The standard InChI is InChI=1S/C15H25N3O2S/c1-3-7-17-14(19)13-11(16)9-12(21-13)18-10-15(4-5-15)6-8-20-2/h9,18H,3-8,10,16H2,1-2H3,(H,17,19). The van der Waals surface area contributed by atoms with Gasteiger partial charge in [0.1, 0.15) is 4.88 Å². The van der Waals surface area contributed by atoms with Crippen molar-refractivity contribution in [2.75, 3.05) is 37.9 Å². The van der Waals surface area contributed by atoms with Crippen molar-refractivity contribution in [1.82, 2.24) is 5.32 Å². The predicted octanol–water partition coefficient (Wildman–Crippen LogP) is 2.70. The topological polar surface area (TPSA) is 76.4 Å². The lowest BCUT2D eigenvalue weighted by Gasteiger charge is -2.15. The Morgan fingerprint density at radius 1 is 1.52 bits per heavy atom. The Morgan fingerprint density at radius 3 is 2.90 bits per heavy atom. The van der Waals surface area contributed by atoms with Crippen LogP contribution in [0.4, 0.5) is 10.7 Å². The molecule has 1 fully saturated rings. The molecule has 1 saturated carbocycles. The number of hydrogen-bond donors (Lipinski definition) is 3. The van der Waals surface area contributed by atoms with E-state index in [1.165, 1.54) is 24.2 Å². The monoisotopic (exact) mass is 311 g/mol. The van der Waals surface area contributed by atoms with E-state index in [1.54, 1.807) is 7.11 Å². The van der Waals surface area contributed by atoms with Gasteiger partial charge in [-0.05, 0) is 37.2 Å². The third-order valence-electron chi connectivity index (χ3n) is 3.93. The number of hydrogen-bond acceptors (Lipinski definition) is 5. The summed E-state index contributed by atoms with van der Waals surface area (Å²) < 4.78 is 5.16. The van der Waals surface area contributed by atoms with E-state index in [9.17, 15) is 4.79 Å². The van der Waals surface area contributed by atoms with Crippen molar-refractivity contribution in [3.8, 4) is 0 Å². The van der Waals surface area contributed by atoms with Gasteiger partial charge in [0.2, 0.25) is 0 Å². The van der Waals surface area contributed by atoms with Crippen molar-refractivity contribution in [3.05, 3.63) is 10.9 Å². The number of carbonyl (C=O) groups excluding carboxylic acids is 1. The van der Waals surface area contributed by atoms with Gasteiger partial charge in [-0.25, -0.2) is 0 Å². The third-order valence-corrected chi connectivity index (χ3v) is 5.04. The average Bonchev–Trinajstić information content (AvgIpc) is 3.16. The summed E-state index contributed by atoms with van der Waals surface area (Å²) in [6.07, 6.45) is 4.49. The predicted molar refractivity (Wildman–Crippen MR) is 88.0 cm³/mol. The van der Waals surface area contributed by atoms with E-state index in [1.807, 2.05) is 13.0 Å². The van der Waals surface area contributed by atoms with Gasteiger partial charge in [0.15, 0.2) is 0 Å². The maximum Gasteiger partial charge on any atom is 0.263 e. The first-order chi connectivity index (χ1) is 10.1. The second-order valence-electron chi connectivity index (χ2n) is 5.75. The van der Waals surface area contributed by atoms with Crippen LogP contribution in [0.5, 0.6) is 0 Å². The first-order valence-corrected chi connectivity index (χ1v) is 8.32. The molecule has 0 aliphatic heterocycles. The number of carbonyl (C=O) groups is 1. The fourth-order valence-electron chi connectivity index (χ4n) is 2.27. The number of methoxy groups -OCH3 is 1. The molecule has 1 aliphatic carbocycles. The number of nitrogen functional groups attached to an aromatic ring is 1. The molecule has 4 N–H and O–H groups in total. The molecule has 6 heteroatoms. The van der Waals surface area contributed by atoms with Crippen LogP contribution in [0.15, 0.2) is 6.07 Å². The number of thiophene rings is 1. The second-order valence-corrected chi connectivity index (χ2v) is 6.80. The Bertz CT molecular complexity index is 483. The van der Waals surface area contributed by atoms with Crippen molar-refractivity contribution in [3.63, 3.8) is 0 Å². The summed E-state index contributed by atoms with van der Waals surface area (Å²) in [6, 6.07) is 1.86. The van der Waals surface area contributed by atoms with Crippen molar-refractivity contribution in [2.24, 2.45) is 5.41 Å². The van der Waals surface area contributed by atoms with Gasteiger partial charge in [0.25, 0.3) is 5.91 Å². The van der Waals surface area contributed by atoms with Gasteiger partial charge in [-0.3, -0.25) is 4.79 Å². The van der Waals surface area contributed by atoms with E-state index in [0.717, 1.165) is 31.0 Å². The maximum absolute atomic E-state index is 12.0. The lowest BCUT2D eigenvalue weighted by molar-refractivity contribution is 0.0958. The first-order valence-electron chi connectivity index (χ1n) is 7.50. The van der Waals surface area contributed by atoms with Crippen molar-refractivity contribution < 1.29 is 9.53 Å². The Balaban J connectivity index is 1.88. The zero-order valence-corrected chi connectivity index (χ0v) is 13.6. The van der Waals surface area contributed by atoms with Gasteiger partial charge >= 0.3 is 0 Å². The molecule has 0 atom stereocenters. The van der Waals surface area contributed by atoms with E-state index in [-0.39, 0.29) is 5.91 Å². The number of anilines is 2. The molecular weight excluding hydrogens is 286 g/mol. The van der Waals surface area contributed by atoms with Gasteiger partial charge in [0, 0.05) is 26.8 Å². The van der Waals surface area contributed by atoms with Crippen LogP contribution >= 0.6 is 11.3 Å². The van der Waals surface area contributed by atoms with E-state index in [0.29, 0.717) is 22.5 Å². The number of amides is 1. The fraction of sp³-hybridized carbons (Fsp3) is 0.667. The highest BCUT2D eigenvalue weighted by Gasteiger charge is 2.41. The fourth-order valence-corrected chi connectivity index (χ4v) is 3.17. The van der Waals surface area contributed by atoms with E-state index >= 15 is 0 Å². The molecule has 1 aliphatic rings.